The number of nitrogen functional groups attached to an aromatic ring is 1. The van der Waals surface area contributed by atoms with Gasteiger partial charge in [0.1, 0.15) is 5.82 Å². The second-order valence-corrected chi connectivity index (χ2v) is 7.87. The molecule has 2 aromatic rings. The summed E-state index contributed by atoms with van der Waals surface area (Å²) in [7, 11) is 0. The highest BCUT2D eigenvalue weighted by Crippen LogP contribution is 2.26. The summed E-state index contributed by atoms with van der Waals surface area (Å²) >= 11 is 1.20. The minimum atomic E-state index is -0.420. The summed E-state index contributed by atoms with van der Waals surface area (Å²) in [6, 6.07) is 6.24. The van der Waals surface area contributed by atoms with Gasteiger partial charge in [0, 0.05) is 6.54 Å². The maximum Gasteiger partial charge on any atom is 0.233 e. The molecule has 8 heteroatoms. The third-order valence-corrected chi connectivity index (χ3v) is 5.62. The molecule has 144 valence electrons. The van der Waals surface area contributed by atoms with Gasteiger partial charge < -0.3 is 11.2 Å². The van der Waals surface area contributed by atoms with Crippen LogP contribution in [-0.2, 0) is 4.79 Å². The van der Waals surface area contributed by atoms with Crippen molar-refractivity contribution in [2.75, 3.05) is 12.4 Å². The smallest absolute Gasteiger partial charge is 0.233 e. The molecule has 0 radical (unpaired) electrons. The number of amides is 1. The second-order valence-electron chi connectivity index (χ2n) is 6.57. The molecule has 1 atom stereocenters. The SMILES string of the molecule is CC(Sc1nnc(-c2ccccc2F)n1N)C(=O)NCCC1=CCCCC1. The van der Waals surface area contributed by atoms with Gasteiger partial charge in [0.05, 0.1) is 10.8 Å². The van der Waals surface area contributed by atoms with Crippen molar-refractivity contribution in [1.82, 2.24) is 20.2 Å². The lowest BCUT2D eigenvalue weighted by Gasteiger charge is -2.14. The predicted octanol–water partition coefficient (Wildman–Crippen LogP) is 3.29. The number of carbonyl (C=O) groups excluding carboxylic acids is 1. The molecule has 1 unspecified atom stereocenters. The number of allylic oxidation sites excluding steroid dienone is 1. The second kappa shape index (κ2) is 9.03. The Morgan fingerprint density at radius 3 is 2.93 bits per heavy atom. The molecule has 1 aliphatic carbocycles. The lowest BCUT2D eigenvalue weighted by atomic mass is 9.97. The Labute approximate surface area is 162 Å². The number of hydrogen-bond acceptors (Lipinski definition) is 5. The summed E-state index contributed by atoms with van der Waals surface area (Å²) < 4.78 is 15.2. The number of hydrogen-bond donors (Lipinski definition) is 2. The molecule has 1 aliphatic rings. The fourth-order valence-electron chi connectivity index (χ4n) is 3.02. The van der Waals surface area contributed by atoms with Gasteiger partial charge in [-0.2, -0.15) is 0 Å². The molecule has 3 N–H and O–H groups in total. The Morgan fingerprint density at radius 2 is 2.19 bits per heavy atom. The lowest BCUT2D eigenvalue weighted by Crippen LogP contribution is -2.32. The molecule has 0 aliphatic heterocycles. The van der Waals surface area contributed by atoms with Gasteiger partial charge in [0.2, 0.25) is 11.1 Å². The molecule has 6 nitrogen and oxygen atoms in total. The molecule has 0 fully saturated rings. The van der Waals surface area contributed by atoms with Crippen LogP contribution in [0.1, 0.15) is 39.0 Å². The maximum atomic E-state index is 13.9. The van der Waals surface area contributed by atoms with Crippen molar-refractivity contribution >= 4 is 17.7 Å². The molecule has 27 heavy (non-hydrogen) atoms. The molecular weight excluding hydrogens is 365 g/mol. The van der Waals surface area contributed by atoms with Crippen molar-refractivity contribution < 1.29 is 9.18 Å². The van der Waals surface area contributed by atoms with E-state index in [-0.39, 0.29) is 22.5 Å². The number of carbonyl (C=O) groups is 1. The average molecular weight is 390 g/mol. The largest absolute Gasteiger partial charge is 0.355 e. The molecule has 0 saturated heterocycles. The van der Waals surface area contributed by atoms with Gasteiger partial charge in [-0.25, -0.2) is 9.07 Å². The van der Waals surface area contributed by atoms with Crippen LogP contribution < -0.4 is 11.2 Å². The Kier molecular flexibility index (Phi) is 6.49. The first-order valence-electron chi connectivity index (χ1n) is 9.14. The summed E-state index contributed by atoms with van der Waals surface area (Å²) in [5.41, 5.74) is 1.70. The summed E-state index contributed by atoms with van der Waals surface area (Å²) in [4.78, 5) is 12.3. The monoisotopic (exact) mass is 389 g/mol. The number of rotatable bonds is 7. The van der Waals surface area contributed by atoms with Crippen molar-refractivity contribution in [2.45, 2.75) is 49.4 Å². The number of nitrogens with zero attached hydrogens (tertiary/aromatic N) is 3. The fourth-order valence-corrected chi connectivity index (χ4v) is 3.81. The predicted molar refractivity (Wildman–Crippen MR) is 105 cm³/mol. The lowest BCUT2D eigenvalue weighted by molar-refractivity contribution is -0.120. The van der Waals surface area contributed by atoms with Crippen LogP contribution in [0.2, 0.25) is 0 Å². The Hall–Kier alpha value is -2.35. The van der Waals surface area contributed by atoms with E-state index in [1.807, 2.05) is 0 Å². The van der Waals surface area contributed by atoms with Gasteiger partial charge in [-0.1, -0.05) is 35.5 Å². The molecule has 1 aromatic heterocycles. The van der Waals surface area contributed by atoms with E-state index in [0.29, 0.717) is 11.7 Å². The number of benzene rings is 1. The van der Waals surface area contributed by atoms with Crippen molar-refractivity contribution in [2.24, 2.45) is 0 Å². The van der Waals surface area contributed by atoms with Crippen LogP contribution in [0, 0.1) is 5.82 Å². The number of aromatic nitrogens is 3. The molecule has 1 amide bonds. The van der Waals surface area contributed by atoms with Gasteiger partial charge in [0.15, 0.2) is 5.82 Å². The van der Waals surface area contributed by atoms with Crippen LogP contribution in [0.15, 0.2) is 41.1 Å². The van der Waals surface area contributed by atoms with E-state index in [1.165, 1.54) is 40.9 Å². The topological polar surface area (TPSA) is 85.8 Å². The van der Waals surface area contributed by atoms with Gasteiger partial charge >= 0.3 is 0 Å². The van der Waals surface area contributed by atoms with Crippen LogP contribution in [0.5, 0.6) is 0 Å². The fraction of sp³-hybridized carbons (Fsp3) is 0.421. The molecule has 0 bridgehead atoms. The van der Waals surface area contributed by atoms with Crippen molar-refractivity contribution in [3.63, 3.8) is 0 Å². The molecule has 3 rings (SSSR count). The highest BCUT2D eigenvalue weighted by Gasteiger charge is 2.21. The maximum absolute atomic E-state index is 13.9. The van der Waals surface area contributed by atoms with E-state index < -0.39 is 5.82 Å². The van der Waals surface area contributed by atoms with Crippen LogP contribution in [-0.4, -0.2) is 32.6 Å². The van der Waals surface area contributed by atoms with Crippen molar-refractivity contribution in [3.05, 3.63) is 41.7 Å². The van der Waals surface area contributed by atoms with Crippen molar-refractivity contribution in [3.8, 4) is 11.4 Å². The summed E-state index contributed by atoms with van der Waals surface area (Å²) in [6.45, 7) is 2.42. The van der Waals surface area contributed by atoms with E-state index in [9.17, 15) is 9.18 Å². The molecule has 0 spiro atoms. The zero-order valence-corrected chi connectivity index (χ0v) is 16.1. The van der Waals surface area contributed by atoms with Gasteiger partial charge in [-0.3, -0.25) is 4.79 Å². The molecule has 1 heterocycles. The Bertz CT molecular complexity index is 835. The highest BCUT2D eigenvalue weighted by molar-refractivity contribution is 8.00. The van der Waals surface area contributed by atoms with Crippen molar-refractivity contribution in [1.29, 1.82) is 0 Å². The average Bonchev–Trinajstić information content (AvgIpc) is 3.03. The molecule has 0 saturated carbocycles. The van der Waals surface area contributed by atoms with E-state index in [1.54, 1.807) is 25.1 Å². The minimum Gasteiger partial charge on any atom is -0.355 e. The third kappa shape index (κ3) is 4.88. The molecular formula is C19H24FN5OS. The summed E-state index contributed by atoms with van der Waals surface area (Å²) in [5.74, 6) is 5.75. The number of halogens is 1. The van der Waals surface area contributed by atoms with Crippen LogP contribution in [0.25, 0.3) is 11.4 Å². The highest BCUT2D eigenvalue weighted by atomic mass is 32.2. The zero-order valence-electron chi connectivity index (χ0n) is 15.3. The molecule has 1 aromatic carbocycles. The minimum absolute atomic E-state index is 0.0770. The van der Waals surface area contributed by atoms with E-state index >= 15 is 0 Å². The number of nitrogens with two attached hydrogens (primary N) is 1. The summed E-state index contributed by atoms with van der Waals surface area (Å²) in [5, 5.41) is 10.9. The van der Waals surface area contributed by atoms with E-state index in [2.05, 4.69) is 21.6 Å². The quantitative estimate of drug-likeness (QED) is 0.431. The van der Waals surface area contributed by atoms with Crippen LogP contribution >= 0.6 is 11.8 Å². The first-order valence-corrected chi connectivity index (χ1v) is 10.0. The van der Waals surface area contributed by atoms with E-state index in [0.717, 1.165) is 19.3 Å². The van der Waals surface area contributed by atoms with Gasteiger partial charge in [0.25, 0.3) is 0 Å². The van der Waals surface area contributed by atoms with Crippen LogP contribution in [0.3, 0.4) is 0 Å². The van der Waals surface area contributed by atoms with Gasteiger partial charge in [-0.15, -0.1) is 10.2 Å². The third-order valence-electron chi connectivity index (χ3n) is 4.56. The normalized spacial score (nSPS) is 15.3. The first-order chi connectivity index (χ1) is 13.1. The number of nitrogens with one attached hydrogen (secondary N) is 1. The van der Waals surface area contributed by atoms with E-state index in [4.69, 9.17) is 5.84 Å². The number of thioether (sulfide) groups is 1. The zero-order chi connectivity index (χ0) is 19.2. The summed E-state index contributed by atoms with van der Waals surface area (Å²) in [6.07, 6.45) is 7.96. The van der Waals surface area contributed by atoms with Crippen LogP contribution in [0.4, 0.5) is 4.39 Å². The Balaban J connectivity index is 1.56. The first kappa shape index (κ1) is 19.4. The standard InChI is InChI=1S/C19H24FN5OS/c1-13(18(26)22-12-11-14-7-3-2-4-8-14)27-19-24-23-17(25(19)21)15-9-5-6-10-16(15)20/h5-7,9-10,13H,2-4,8,11-12,21H2,1H3,(H,22,26). The Morgan fingerprint density at radius 1 is 1.37 bits per heavy atom. The van der Waals surface area contributed by atoms with Gasteiger partial charge in [-0.05, 0) is 51.2 Å².